The highest BCUT2D eigenvalue weighted by Crippen LogP contribution is 2.35. The molecule has 1 fully saturated rings. The van der Waals surface area contributed by atoms with Gasteiger partial charge < -0.3 is 19.8 Å². The summed E-state index contributed by atoms with van der Waals surface area (Å²) >= 11 is 0. The molecule has 1 aromatic carbocycles. The molecule has 0 aromatic heterocycles. The average Bonchev–Trinajstić information content (AvgIpc) is 2.99. The Bertz CT molecular complexity index is 685. The molecule has 5 nitrogen and oxygen atoms in total. The van der Waals surface area contributed by atoms with Crippen LogP contribution < -0.4 is 4.74 Å². The molecule has 1 saturated carbocycles. The Kier molecular flexibility index (Phi) is 6.98. The molecule has 1 aliphatic carbocycles. The molecule has 8 heteroatoms. The minimum Gasteiger partial charge on any atom is -0.488 e. The first-order chi connectivity index (χ1) is 12.9. The van der Waals surface area contributed by atoms with Gasteiger partial charge in [0, 0.05) is 24.6 Å². The Morgan fingerprint density at radius 3 is 2.43 bits per heavy atom. The molecule has 28 heavy (non-hydrogen) atoms. The monoisotopic (exact) mass is 403 g/mol. The molecular weight excluding hydrogens is 375 g/mol. The topological polar surface area (TPSA) is 70.0 Å². The quantitative estimate of drug-likeness (QED) is 0.764. The van der Waals surface area contributed by atoms with Crippen LogP contribution in [0.1, 0.15) is 51.2 Å². The summed E-state index contributed by atoms with van der Waals surface area (Å²) in [5, 5.41) is 19.0. The third-order valence-corrected chi connectivity index (χ3v) is 4.60. The van der Waals surface area contributed by atoms with Crippen molar-refractivity contribution in [2.24, 2.45) is 5.92 Å². The van der Waals surface area contributed by atoms with E-state index >= 15 is 0 Å². The van der Waals surface area contributed by atoms with E-state index in [2.05, 4.69) is 0 Å². The largest absolute Gasteiger partial charge is 0.488 e. The number of hydrogen-bond donors (Lipinski definition) is 2. The fourth-order valence-electron chi connectivity index (χ4n) is 3.34. The van der Waals surface area contributed by atoms with Crippen LogP contribution in [0.25, 0.3) is 0 Å². The molecule has 0 saturated heterocycles. The van der Waals surface area contributed by atoms with Crippen LogP contribution in [0.4, 0.5) is 13.2 Å². The van der Waals surface area contributed by atoms with E-state index in [1.54, 1.807) is 20.8 Å². The van der Waals surface area contributed by atoms with E-state index in [4.69, 9.17) is 4.74 Å². The van der Waals surface area contributed by atoms with Gasteiger partial charge >= 0.3 is 6.18 Å². The van der Waals surface area contributed by atoms with Crippen molar-refractivity contribution in [1.29, 1.82) is 0 Å². The fourth-order valence-corrected chi connectivity index (χ4v) is 3.34. The lowest BCUT2D eigenvalue weighted by Gasteiger charge is -2.28. The zero-order valence-electron chi connectivity index (χ0n) is 16.4. The van der Waals surface area contributed by atoms with Crippen LogP contribution in [0.2, 0.25) is 0 Å². The molecule has 2 N–H and O–H groups in total. The number of carbonyl (C=O) groups is 1. The summed E-state index contributed by atoms with van der Waals surface area (Å²) in [6.45, 7) is 4.93. The van der Waals surface area contributed by atoms with Crippen LogP contribution >= 0.6 is 0 Å². The van der Waals surface area contributed by atoms with Crippen molar-refractivity contribution in [2.75, 3.05) is 13.2 Å². The Balaban J connectivity index is 2.33. The molecule has 0 spiro atoms. The summed E-state index contributed by atoms with van der Waals surface area (Å²) < 4.78 is 45.3. The third-order valence-electron chi connectivity index (χ3n) is 4.60. The second-order valence-electron chi connectivity index (χ2n) is 8.18. The van der Waals surface area contributed by atoms with Gasteiger partial charge in [0.15, 0.2) is 0 Å². The number of halogens is 3. The van der Waals surface area contributed by atoms with Crippen molar-refractivity contribution < 1.29 is 32.9 Å². The van der Waals surface area contributed by atoms with Crippen LogP contribution in [0.3, 0.4) is 0 Å². The minimum absolute atomic E-state index is 0.00334. The second kappa shape index (κ2) is 8.69. The Labute approximate surface area is 163 Å². The summed E-state index contributed by atoms with van der Waals surface area (Å²) in [5.74, 6) is -0.397. The molecule has 1 aliphatic rings. The van der Waals surface area contributed by atoms with Gasteiger partial charge in [-0.2, -0.15) is 13.2 Å². The highest BCUT2D eigenvalue weighted by Gasteiger charge is 2.34. The van der Waals surface area contributed by atoms with Gasteiger partial charge in [0.1, 0.15) is 11.4 Å². The van der Waals surface area contributed by atoms with Crippen LogP contribution in [0, 0.1) is 5.92 Å². The summed E-state index contributed by atoms with van der Waals surface area (Å²) in [6.07, 6.45) is -3.69. The standard InChI is InChI=1S/C20H28F3NO4/c1-19(2,3)28-17-7-5-15(20(21,22)23)10-14(17)12-24(8-9-25)18(27)13-4-6-16(26)11-13/h5,7,10,13,16,25-26H,4,6,8-9,11-12H2,1-3H3. The predicted molar refractivity (Wildman–Crippen MR) is 97.7 cm³/mol. The van der Waals surface area contributed by atoms with Crippen LogP contribution in [0.5, 0.6) is 5.75 Å². The van der Waals surface area contributed by atoms with Crippen LogP contribution in [-0.4, -0.2) is 45.9 Å². The van der Waals surface area contributed by atoms with Crippen molar-refractivity contribution in [3.8, 4) is 5.75 Å². The van der Waals surface area contributed by atoms with E-state index in [9.17, 15) is 28.2 Å². The molecule has 0 heterocycles. The Hall–Kier alpha value is -1.80. The van der Waals surface area contributed by atoms with Gasteiger partial charge in [0.05, 0.1) is 18.3 Å². The predicted octanol–water partition coefficient (Wildman–Crippen LogP) is 3.36. The minimum atomic E-state index is -4.52. The number of rotatable bonds is 6. The molecule has 2 unspecified atom stereocenters. The van der Waals surface area contributed by atoms with Crippen molar-refractivity contribution in [2.45, 2.75) is 64.5 Å². The van der Waals surface area contributed by atoms with E-state index in [-0.39, 0.29) is 42.8 Å². The van der Waals surface area contributed by atoms with Gasteiger partial charge in [-0.25, -0.2) is 0 Å². The lowest BCUT2D eigenvalue weighted by molar-refractivity contribution is -0.137. The van der Waals surface area contributed by atoms with Gasteiger partial charge in [-0.3, -0.25) is 4.79 Å². The normalized spacial score (nSPS) is 20.3. The highest BCUT2D eigenvalue weighted by molar-refractivity contribution is 5.79. The van der Waals surface area contributed by atoms with Crippen LogP contribution in [-0.2, 0) is 17.5 Å². The van der Waals surface area contributed by atoms with Gasteiger partial charge in [-0.05, 0) is 58.2 Å². The van der Waals surface area contributed by atoms with Gasteiger partial charge in [0.2, 0.25) is 5.91 Å². The lowest BCUT2D eigenvalue weighted by atomic mass is 10.0. The molecule has 0 bridgehead atoms. The van der Waals surface area contributed by atoms with E-state index in [1.165, 1.54) is 11.0 Å². The maximum absolute atomic E-state index is 13.2. The number of carbonyl (C=O) groups excluding carboxylic acids is 1. The number of nitrogens with zero attached hydrogens (tertiary/aromatic N) is 1. The molecule has 158 valence electrons. The average molecular weight is 403 g/mol. The first-order valence-corrected chi connectivity index (χ1v) is 9.37. The molecule has 1 amide bonds. The maximum atomic E-state index is 13.2. The number of hydrogen-bond acceptors (Lipinski definition) is 4. The summed E-state index contributed by atoms with van der Waals surface area (Å²) in [5.41, 5.74) is -1.22. The number of amides is 1. The third kappa shape index (κ3) is 6.10. The van der Waals surface area contributed by atoms with E-state index in [0.29, 0.717) is 19.3 Å². The number of aliphatic hydroxyl groups excluding tert-OH is 2. The van der Waals surface area contributed by atoms with Crippen molar-refractivity contribution >= 4 is 5.91 Å². The number of alkyl halides is 3. The van der Waals surface area contributed by atoms with E-state index in [0.717, 1.165) is 12.1 Å². The first-order valence-electron chi connectivity index (χ1n) is 9.37. The first kappa shape index (κ1) is 22.5. The smallest absolute Gasteiger partial charge is 0.416 e. The summed E-state index contributed by atoms with van der Waals surface area (Å²) in [4.78, 5) is 14.1. The second-order valence-corrected chi connectivity index (χ2v) is 8.18. The van der Waals surface area contributed by atoms with E-state index in [1.807, 2.05) is 0 Å². The fraction of sp³-hybridized carbons (Fsp3) is 0.650. The molecule has 0 radical (unpaired) electrons. The number of aliphatic hydroxyl groups is 2. The van der Waals surface area contributed by atoms with Crippen molar-refractivity contribution in [1.82, 2.24) is 4.90 Å². The molecule has 0 aliphatic heterocycles. The van der Waals surface area contributed by atoms with Gasteiger partial charge in [0.25, 0.3) is 0 Å². The Morgan fingerprint density at radius 2 is 1.93 bits per heavy atom. The Morgan fingerprint density at radius 1 is 1.25 bits per heavy atom. The number of benzene rings is 1. The number of ether oxygens (including phenoxy) is 1. The zero-order valence-corrected chi connectivity index (χ0v) is 16.4. The zero-order chi connectivity index (χ0) is 21.1. The maximum Gasteiger partial charge on any atom is 0.416 e. The van der Waals surface area contributed by atoms with Crippen LogP contribution in [0.15, 0.2) is 18.2 Å². The molecule has 2 atom stereocenters. The van der Waals surface area contributed by atoms with Crippen molar-refractivity contribution in [3.05, 3.63) is 29.3 Å². The van der Waals surface area contributed by atoms with E-state index < -0.39 is 23.4 Å². The molecule has 2 rings (SSSR count). The highest BCUT2D eigenvalue weighted by atomic mass is 19.4. The lowest BCUT2D eigenvalue weighted by Crippen LogP contribution is -2.37. The summed E-state index contributed by atoms with van der Waals surface area (Å²) in [7, 11) is 0. The van der Waals surface area contributed by atoms with Gasteiger partial charge in [-0.15, -0.1) is 0 Å². The molecule has 1 aromatic rings. The van der Waals surface area contributed by atoms with Crippen molar-refractivity contribution in [3.63, 3.8) is 0 Å². The van der Waals surface area contributed by atoms with Gasteiger partial charge in [-0.1, -0.05) is 0 Å². The summed E-state index contributed by atoms with van der Waals surface area (Å²) in [6, 6.07) is 3.21. The SMILES string of the molecule is CC(C)(C)Oc1ccc(C(F)(F)F)cc1CN(CCO)C(=O)C1CCC(O)C1. The molecular formula is C20H28F3NO4.